The topological polar surface area (TPSA) is 78.8 Å². The Morgan fingerprint density at radius 2 is 2.16 bits per heavy atom. The molecule has 1 aromatic carbocycles. The highest BCUT2D eigenvalue weighted by Crippen LogP contribution is 2.65. The number of piperidine rings is 1. The van der Waals surface area contributed by atoms with E-state index in [4.69, 9.17) is 9.47 Å². The SMILES string of the molecule is COc1ccc2c3c1O[C@H]1C(=O)CC[C@@]4(O)[C@@H](C2)[N+](C)([O-])CC[C@]314.Cl. The summed E-state index contributed by atoms with van der Waals surface area (Å²) in [7, 11) is 3.22. The first-order valence-electron chi connectivity index (χ1n) is 8.53. The number of likely N-dealkylation sites (tertiary alicyclic amines) is 1. The van der Waals surface area contributed by atoms with Crippen LogP contribution in [0.2, 0.25) is 0 Å². The third-order valence-electron chi connectivity index (χ3n) is 6.95. The number of ketones is 1. The molecule has 136 valence electrons. The van der Waals surface area contributed by atoms with Gasteiger partial charge in [0.05, 0.1) is 26.1 Å². The number of benzene rings is 1. The van der Waals surface area contributed by atoms with E-state index in [0.717, 1.165) is 11.1 Å². The van der Waals surface area contributed by atoms with E-state index in [1.54, 1.807) is 14.2 Å². The van der Waals surface area contributed by atoms with Gasteiger partial charge in [0.1, 0.15) is 11.6 Å². The fraction of sp³-hybridized carbons (Fsp3) is 0.611. The number of methoxy groups -OCH3 is 1. The molecule has 2 heterocycles. The van der Waals surface area contributed by atoms with Crippen molar-refractivity contribution < 1.29 is 24.0 Å². The van der Waals surface area contributed by atoms with Gasteiger partial charge in [-0.1, -0.05) is 6.07 Å². The predicted molar refractivity (Wildman–Crippen MR) is 92.1 cm³/mol. The number of Topliss-reactive ketones (excluding diaryl/α,β-unsaturated/α-hetero) is 1. The Balaban J connectivity index is 0.00000157. The Morgan fingerprint density at radius 3 is 2.88 bits per heavy atom. The van der Waals surface area contributed by atoms with Crippen LogP contribution in [0.15, 0.2) is 12.1 Å². The number of hydroxylamine groups is 3. The van der Waals surface area contributed by atoms with E-state index in [1.165, 1.54) is 0 Å². The van der Waals surface area contributed by atoms with Crippen LogP contribution < -0.4 is 9.47 Å². The zero-order chi connectivity index (χ0) is 16.9. The van der Waals surface area contributed by atoms with Crippen LogP contribution in [0.1, 0.15) is 30.4 Å². The molecule has 7 heteroatoms. The maximum absolute atomic E-state index is 13.1. The molecule has 5 rings (SSSR count). The van der Waals surface area contributed by atoms with Crippen LogP contribution >= 0.6 is 12.4 Å². The summed E-state index contributed by atoms with van der Waals surface area (Å²) in [4.78, 5) is 12.7. The summed E-state index contributed by atoms with van der Waals surface area (Å²) in [5.41, 5.74) is -0.0756. The molecule has 2 aliphatic carbocycles. The van der Waals surface area contributed by atoms with Crippen LogP contribution in [0.25, 0.3) is 0 Å². The van der Waals surface area contributed by atoms with Gasteiger partial charge in [0.25, 0.3) is 0 Å². The van der Waals surface area contributed by atoms with Gasteiger partial charge in [0.15, 0.2) is 23.4 Å². The van der Waals surface area contributed by atoms with E-state index in [-0.39, 0.29) is 24.6 Å². The normalized spacial score (nSPS) is 43.0. The Morgan fingerprint density at radius 1 is 1.40 bits per heavy atom. The summed E-state index contributed by atoms with van der Waals surface area (Å²) in [6.45, 7) is 0.385. The lowest BCUT2D eigenvalue weighted by atomic mass is 9.49. The average Bonchev–Trinajstić information content (AvgIpc) is 2.90. The number of aliphatic hydroxyl groups is 1. The summed E-state index contributed by atoms with van der Waals surface area (Å²) < 4.78 is 11.1. The number of ether oxygens (including phenoxy) is 2. The molecule has 5 atom stereocenters. The molecule has 1 saturated heterocycles. The molecule has 1 N–H and O–H groups in total. The van der Waals surface area contributed by atoms with E-state index in [2.05, 4.69) is 0 Å². The molecule has 25 heavy (non-hydrogen) atoms. The van der Waals surface area contributed by atoms with Gasteiger partial charge in [0, 0.05) is 24.8 Å². The number of quaternary nitrogens is 1. The van der Waals surface area contributed by atoms with Crippen LogP contribution in [0, 0.1) is 5.21 Å². The fourth-order valence-corrected chi connectivity index (χ4v) is 5.86. The summed E-state index contributed by atoms with van der Waals surface area (Å²) in [5, 5.41) is 24.8. The summed E-state index contributed by atoms with van der Waals surface area (Å²) in [6, 6.07) is 3.33. The van der Waals surface area contributed by atoms with Crippen molar-refractivity contribution in [2.24, 2.45) is 0 Å². The van der Waals surface area contributed by atoms with Crippen LogP contribution in [0.4, 0.5) is 0 Å². The number of nitrogens with zero attached hydrogens (tertiary/aromatic N) is 1. The number of rotatable bonds is 1. The number of halogens is 1. The Labute approximate surface area is 152 Å². The largest absolute Gasteiger partial charge is 0.633 e. The first-order chi connectivity index (χ1) is 11.3. The highest BCUT2D eigenvalue weighted by Gasteiger charge is 2.75. The Hall–Kier alpha value is -1.34. The zero-order valence-electron chi connectivity index (χ0n) is 14.3. The van der Waals surface area contributed by atoms with Gasteiger partial charge in [-0.15, -0.1) is 12.4 Å². The van der Waals surface area contributed by atoms with E-state index in [0.29, 0.717) is 37.3 Å². The van der Waals surface area contributed by atoms with Crippen LogP contribution in [0.3, 0.4) is 0 Å². The van der Waals surface area contributed by atoms with Gasteiger partial charge in [-0.25, -0.2) is 0 Å². The maximum atomic E-state index is 13.1. The summed E-state index contributed by atoms with van der Waals surface area (Å²) in [6.07, 6.45) is 0.857. The van der Waals surface area contributed by atoms with Crippen molar-refractivity contribution in [1.29, 1.82) is 0 Å². The number of carbonyl (C=O) groups is 1. The van der Waals surface area contributed by atoms with E-state index in [1.807, 2.05) is 12.1 Å². The van der Waals surface area contributed by atoms with E-state index < -0.39 is 27.8 Å². The number of likely N-dealkylation sites (N-methyl/N-ethyl adjacent to an activating group) is 1. The van der Waals surface area contributed by atoms with Crippen LogP contribution in [-0.4, -0.2) is 54.0 Å². The number of carbonyl (C=O) groups excluding carboxylic acids is 1. The molecule has 1 spiro atoms. The molecular formula is C18H22ClNO5. The van der Waals surface area contributed by atoms with Gasteiger partial charge >= 0.3 is 0 Å². The van der Waals surface area contributed by atoms with E-state index in [9.17, 15) is 15.1 Å². The van der Waals surface area contributed by atoms with Crippen molar-refractivity contribution in [3.63, 3.8) is 0 Å². The Kier molecular flexibility index (Phi) is 3.34. The van der Waals surface area contributed by atoms with Crippen LogP contribution in [-0.2, 0) is 16.6 Å². The molecule has 2 fully saturated rings. The molecule has 2 bridgehead atoms. The lowest BCUT2D eigenvalue weighted by Gasteiger charge is -2.65. The third-order valence-corrected chi connectivity index (χ3v) is 6.95. The maximum Gasteiger partial charge on any atom is 0.174 e. The molecule has 1 aromatic rings. The quantitative estimate of drug-likeness (QED) is 0.601. The second kappa shape index (κ2) is 4.88. The highest BCUT2D eigenvalue weighted by molar-refractivity contribution is 5.90. The van der Waals surface area contributed by atoms with Crippen LogP contribution in [0.5, 0.6) is 11.5 Å². The fourth-order valence-electron chi connectivity index (χ4n) is 5.86. The molecular weight excluding hydrogens is 346 g/mol. The van der Waals surface area contributed by atoms with E-state index >= 15 is 0 Å². The first kappa shape index (κ1) is 17.1. The second-order valence-electron chi connectivity index (χ2n) is 7.86. The number of hydrogen-bond acceptors (Lipinski definition) is 5. The van der Waals surface area contributed by atoms with Crippen molar-refractivity contribution in [2.75, 3.05) is 20.7 Å². The van der Waals surface area contributed by atoms with Crippen molar-refractivity contribution in [2.45, 2.75) is 48.8 Å². The van der Waals surface area contributed by atoms with Gasteiger partial charge < -0.3 is 24.4 Å². The standard InChI is InChI=1S/C18H21NO5.ClH/c1-19(22)8-7-17-14-10-3-4-12(23-2)15(14)24-16(17)11(20)5-6-18(17,21)13(19)9-10;/h3-4,13,16,21H,5-9H2,1-2H3;1H/t13-,16+,17+,18-,19?;/m1./s1. The van der Waals surface area contributed by atoms with Crippen molar-refractivity contribution in [3.05, 3.63) is 28.5 Å². The minimum Gasteiger partial charge on any atom is -0.633 e. The molecule has 0 radical (unpaired) electrons. The molecule has 2 aliphatic heterocycles. The average molecular weight is 368 g/mol. The van der Waals surface area contributed by atoms with Gasteiger partial charge in [-0.3, -0.25) is 4.79 Å². The lowest BCUT2D eigenvalue weighted by Crippen LogP contribution is -2.79. The summed E-state index contributed by atoms with van der Waals surface area (Å²) in [5.74, 6) is 1.21. The van der Waals surface area contributed by atoms with Crippen molar-refractivity contribution >= 4 is 18.2 Å². The number of hydrogen-bond donors (Lipinski definition) is 1. The molecule has 1 saturated carbocycles. The lowest BCUT2D eigenvalue weighted by molar-refractivity contribution is -0.904. The molecule has 4 aliphatic rings. The van der Waals surface area contributed by atoms with Crippen molar-refractivity contribution in [1.82, 2.24) is 0 Å². The molecule has 6 nitrogen and oxygen atoms in total. The Bertz CT molecular complexity index is 781. The molecule has 0 amide bonds. The second-order valence-corrected chi connectivity index (χ2v) is 7.86. The molecule has 1 unspecified atom stereocenters. The van der Waals surface area contributed by atoms with Gasteiger partial charge in [-0.05, 0) is 18.1 Å². The third kappa shape index (κ3) is 1.69. The van der Waals surface area contributed by atoms with Gasteiger partial charge in [-0.2, -0.15) is 0 Å². The smallest absolute Gasteiger partial charge is 0.174 e. The first-order valence-corrected chi connectivity index (χ1v) is 8.53. The monoisotopic (exact) mass is 367 g/mol. The zero-order valence-corrected chi connectivity index (χ0v) is 15.1. The minimum absolute atomic E-state index is 0. The summed E-state index contributed by atoms with van der Waals surface area (Å²) >= 11 is 0. The predicted octanol–water partition coefficient (Wildman–Crippen LogP) is 1.48. The van der Waals surface area contributed by atoms with Gasteiger partial charge in [0.2, 0.25) is 0 Å². The highest BCUT2D eigenvalue weighted by atomic mass is 35.5. The van der Waals surface area contributed by atoms with Crippen molar-refractivity contribution in [3.8, 4) is 11.5 Å². The minimum atomic E-state index is -1.20. The molecule has 0 aromatic heterocycles.